The molecular formula is C21H27ClN2O3. The Balaban J connectivity index is 0.00000261. The van der Waals surface area contributed by atoms with Gasteiger partial charge >= 0.3 is 0 Å². The third-order valence-corrected chi connectivity index (χ3v) is 4.74. The van der Waals surface area contributed by atoms with Crippen LogP contribution >= 0.6 is 12.4 Å². The molecule has 2 aromatic carbocycles. The van der Waals surface area contributed by atoms with Crippen LogP contribution in [0, 0.1) is 13.8 Å². The molecule has 27 heavy (non-hydrogen) atoms. The topological polar surface area (TPSA) is 50.8 Å². The third kappa shape index (κ3) is 4.93. The first-order valence-electron chi connectivity index (χ1n) is 8.93. The molecule has 0 aromatic heterocycles. The van der Waals surface area contributed by atoms with Gasteiger partial charge in [-0.05, 0) is 31.5 Å². The highest BCUT2D eigenvalue weighted by Gasteiger charge is 2.30. The van der Waals surface area contributed by atoms with E-state index >= 15 is 0 Å². The number of aryl methyl sites for hydroxylation is 2. The van der Waals surface area contributed by atoms with E-state index in [2.05, 4.69) is 11.4 Å². The van der Waals surface area contributed by atoms with E-state index < -0.39 is 0 Å². The summed E-state index contributed by atoms with van der Waals surface area (Å²) in [7, 11) is 1.66. The summed E-state index contributed by atoms with van der Waals surface area (Å²) in [6.45, 7) is 6.21. The molecule has 1 unspecified atom stereocenters. The van der Waals surface area contributed by atoms with Crippen LogP contribution in [0.2, 0.25) is 0 Å². The second-order valence-corrected chi connectivity index (χ2v) is 6.61. The molecule has 0 aliphatic carbocycles. The number of carbonyl (C=O) groups is 1. The minimum Gasteiger partial charge on any atom is -0.496 e. The lowest BCUT2D eigenvalue weighted by Gasteiger charge is -2.37. The summed E-state index contributed by atoms with van der Waals surface area (Å²) < 4.78 is 11.3. The largest absolute Gasteiger partial charge is 0.496 e. The van der Waals surface area contributed by atoms with E-state index in [0.717, 1.165) is 29.2 Å². The highest BCUT2D eigenvalue weighted by Crippen LogP contribution is 2.30. The number of para-hydroxylation sites is 1. The van der Waals surface area contributed by atoms with Crippen molar-refractivity contribution in [2.75, 3.05) is 33.4 Å². The number of carbonyl (C=O) groups excluding carboxylic acids is 1. The van der Waals surface area contributed by atoms with Gasteiger partial charge < -0.3 is 19.7 Å². The number of nitrogens with one attached hydrogen (secondary N) is 1. The van der Waals surface area contributed by atoms with Crippen LogP contribution in [0.25, 0.3) is 0 Å². The number of hydrogen-bond donors (Lipinski definition) is 1. The fourth-order valence-corrected chi connectivity index (χ4v) is 3.41. The van der Waals surface area contributed by atoms with Crippen molar-refractivity contribution in [3.05, 3.63) is 59.2 Å². The minimum absolute atomic E-state index is 0. The number of halogens is 1. The van der Waals surface area contributed by atoms with E-state index in [0.29, 0.717) is 13.1 Å². The molecule has 2 aromatic rings. The molecule has 1 aliphatic heterocycles. The Kier molecular flexibility index (Phi) is 7.51. The Labute approximate surface area is 167 Å². The Morgan fingerprint density at radius 3 is 2.70 bits per heavy atom. The fourth-order valence-electron chi connectivity index (χ4n) is 3.41. The van der Waals surface area contributed by atoms with Crippen molar-refractivity contribution in [2.45, 2.75) is 19.9 Å². The number of piperazine rings is 1. The number of benzene rings is 2. The van der Waals surface area contributed by atoms with Crippen LogP contribution in [-0.4, -0.2) is 44.2 Å². The average Bonchev–Trinajstić information content (AvgIpc) is 2.67. The van der Waals surface area contributed by atoms with E-state index in [1.807, 2.05) is 55.1 Å². The van der Waals surface area contributed by atoms with Crippen LogP contribution < -0.4 is 14.8 Å². The predicted octanol–water partition coefficient (Wildman–Crippen LogP) is 3.29. The molecule has 6 heteroatoms. The summed E-state index contributed by atoms with van der Waals surface area (Å²) in [5, 5.41) is 3.37. The van der Waals surface area contributed by atoms with Crippen molar-refractivity contribution < 1.29 is 14.3 Å². The summed E-state index contributed by atoms with van der Waals surface area (Å²) in [5.41, 5.74) is 3.24. The van der Waals surface area contributed by atoms with E-state index in [1.165, 1.54) is 5.56 Å². The van der Waals surface area contributed by atoms with Crippen molar-refractivity contribution in [1.82, 2.24) is 10.2 Å². The zero-order valence-corrected chi connectivity index (χ0v) is 16.8. The molecule has 1 amide bonds. The summed E-state index contributed by atoms with van der Waals surface area (Å²) >= 11 is 0. The van der Waals surface area contributed by atoms with Crippen LogP contribution in [-0.2, 0) is 4.79 Å². The Hall–Kier alpha value is -2.24. The number of hydrogen-bond acceptors (Lipinski definition) is 4. The molecular weight excluding hydrogens is 364 g/mol. The monoisotopic (exact) mass is 390 g/mol. The van der Waals surface area contributed by atoms with Gasteiger partial charge in [0, 0.05) is 25.2 Å². The number of amides is 1. The second kappa shape index (κ2) is 9.62. The van der Waals surface area contributed by atoms with Gasteiger partial charge in [0.25, 0.3) is 5.91 Å². The van der Waals surface area contributed by atoms with Crippen molar-refractivity contribution in [3.63, 3.8) is 0 Å². The molecule has 1 fully saturated rings. The quantitative estimate of drug-likeness (QED) is 0.851. The summed E-state index contributed by atoms with van der Waals surface area (Å²) in [4.78, 5) is 14.8. The van der Waals surface area contributed by atoms with E-state index in [-0.39, 0.29) is 31.0 Å². The lowest BCUT2D eigenvalue weighted by Crippen LogP contribution is -2.50. The van der Waals surface area contributed by atoms with Gasteiger partial charge in [0.05, 0.1) is 13.2 Å². The van der Waals surface area contributed by atoms with Crippen LogP contribution in [0.15, 0.2) is 42.5 Å². The molecule has 0 radical (unpaired) electrons. The van der Waals surface area contributed by atoms with Gasteiger partial charge in [-0.1, -0.05) is 35.9 Å². The van der Waals surface area contributed by atoms with Crippen LogP contribution in [0.3, 0.4) is 0 Å². The fraction of sp³-hybridized carbons (Fsp3) is 0.381. The maximum absolute atomic E-state index is 12.9. The van der Waals surface area contributed by atoms with Gasteiger partial charge in [-0.25, -0.2) is 0 Å². The van der Waals surface area contributed by atoms with Crippen LogP contribution in [0.4, 0.5) is 0 Å². The zero-order chi connectivity index (χ0) is 18.5. The molecule has 146 valence electrons. The Bertz CT molecular complexity index is 782. The van der Waals surface area contributed by atoms with E-state index in [9.17, 15) is 4.79 Å². The summed E-state index contributed by atoms with van der Waals surface area (Å²) in [5.74, 6) is 1.55. The number of nitrogens with zero attached hydrogens (tertiary/aromatic N) is 1. The van der Waals surface area contributed by atoms with Gasteiger partial charge in [0.15, 0.2) is 6.61 Å². The molecule has 0 saturated carbocycles. The maximum Gasteiger partial charge on any atom is 0.261 e. The first-order valence-corrected chi connectivity index (χ1v) is 8.93. The standard InChI is InChI=1S/C21H26N2O3.ClH/c1-15-8-9-19(16(2)12-15)26-14-21(24)23-11-10-22-13-18(23)17-6-4-5-7-20(17)25-3;/h4-9,12,18,22H,10-11,13-14H2,1-3H3;1H. The zero-order valence-electron chi connectivity index (χ0n) is 16.0. The highest BCUT2D eigenvalue weighted by molar-refractivity contribution is 5.85. The predicted molar refractivity (Wildman–Crippen MR) is 109 cm³/mol. The van der Waals surface area contributed by atoms with Gasteiger partial charge in [-0.15, -0.1) is 12.4 Å². The number of rotatable bonds is 5. The molecule has 3 rings (SSSR count). The van der Waals surface area contributed by atoms with Crippen molar-refractivity contribution in [1.29, 1.82) is 0 Å². The molecule has 1 aliphatic rings. The van der Waals surface area contributed by atoms with E-state index in [1.54, 1.807) is 7.11 Å². The first kappa shape index (κ1) is 21.1. The molecule has 0 spiro atoms. The van der Waals surface area contributed by atoms with Crippen molar-refractivity contribution >= 4 is 18.3 Å². The molecule has 1 saturated heterocycles. The SMILES string of the molecule is COc1ccccc1C1CNCCN1C(=O)COc1ccc(C)cc1C.Cl. The van der Waals surface area contributed by atoms with Gasteiger partial charge in [-0.2, -0.15) is 0 Å². The molecule has 5 nitrogen and oxygen atoms in total. The first-order chi connectivity index (χ1) is 12.6. The van der Waals surface area contributed by atoms with E-state index in [4.69, 9.17) is 9.47 Å². The van der Waals surface area contributed by atoms with Crippen LogP contribution in [0.5, 0.6) is 11.5 Å². The minimum atomic E-state index is -0.0601. The second-order valence-electron chi connectivity index (χ2n) is 6.61. The molecule has 0 bridgehead atoms. The highest BCUT2D eigenvalue weighted by atomic mass is 35.5. The van der Waals surface area contributed by atoms with Crippen molar-refractivity contribution in [3.8, 4) is 11.5 Å². The normalized spacial score (nSPS) is 16.4. The third-order valence-electron chi connectivity index (χ3n) is 4.74. The lowest BCUT2D eigenvalue weighted by molar-refractivity contribution is -0.136. The maximum atomic E-state index is 12.9. The Morgan fingerprint density at radius 2 is 1.96 bits per heavy atom. The molecule has 1 N–H and O–H groups in total. The van der Waals surface area contributed by atoms with Crippen molar-refractivity contribution in [2.24, 2.45) is 0 Å². The number of ether oxygens (including phenoxy) is 2. The average molecular weight is 391 g/mol. The van der Waals surface area contributed by atoms with Gasteiger partial charge in [0.2, 0.25) is 0 Å². The lowest BCUT2D eigenvalue weighted by atomic mass is 10.0. The smallest absolute Gasteiger partial charge is 0.261 e. The summed E-state index contributed by atoms with van der Waals surface area (Å²) in [6, 6.07) is 13.8. The molecule has 1 atom stereocenters. The molecule has 1 heterocycles. The summed E-state index contributed by atoms with van der Waals surface area (Å²) in [6.07, 6.45) is 0. The Morgan fingerprint density at radius 1 is 1.19 bits per heavy atom. The number of methoxy groups -OCH3 is 1. The van der Waals surface area contributed by atoms with Gasteiger partial charge in [0.1, 0.15) is 11.5 Å². The van der Waals surface area contributed by atoms with Gasteiger partial charge in [-0.3, -0.25) is 4.79 Å². The van der Waals surface area contributed by atoms with Crippen LogP contribution in [0.1, 0.15) is 22.7 Å².